The van der Waals surface area contributed by atoms with Gasteiger partial charge in [-0.25, -0.2) is 4.39 Å². The Balaban J connectivity index is 2.27. The molecule has 6 nitrogen and oxygen atoms in total. The molecular weight excluding hydrogens is 261 g/mol. The lowest BCUT2D eigenvalue weighted by molar-refractivity contribution is 0.439. The highest BCUT2D eigenvalue weighted by molar-refractivity contribution is 5.38. The third-order valence-electron chi connectivity index (χ3n) is 2.36. The number of aromatic nitrogens is 3. The Morgan fingerprint density at radius 1 is 1.15 bits per heavy atom. The van der Waals surface area contributed by atoms with Gasteiger partial charge in [0.15, 0.2) is 0 Å². The third-order valence-corrected chi connectivity index (χ3v) is 2.36. The van der Waals surface area contributed by atoms with E-state index in [2.05, 4.69) is 20.3 Å². The van der Waals surface area contributed by atoms with Crippen LogP contribution in [0.1, 0.15) is 6.92 Å². The summed E-state index contributed by atoms with van der Waals surface area (Å²) in [6, 6.07) is 5.82. The van der Waals surface area contributed by atoms with Gasteiger partial charge in [0.1, 0.15) is 11.6 Å². The molecule has 2 aromatic rings. The molecule has 0 radical (unpaired) electrons. The summed E-state index contributed by atoms with van der Waals surface area (Å²) in [4.78, 5) is 14.3. The predicted molar refractivity (Wildman–Crippen MR) is 74.8 cm³/mol. The zero-order valence-electron chi connectivity index (χ0n) is 11.6. The molecule has 0 atom stereocenters. The van der Waals surface area contributed by atoms with Crippen LogP contribution in [0.3, 0.4) is 0 Å². The van der Waals surface area contributed by atoms with Crippen molar-refractivity contribution in [1.82, 2.24) is 15.0 Å². The summed E-state index contributed by atoms with van der Waals surface area (Å²) in [5.74, 6) is 1.05. The van der Waals surface area contributed by atoms with Gasteiger partial charge in [-0.15, -0.1) is 0 Å². The lowest BCUT2D eigenvalue weighted by atomic mass is 10.3. The first-order valence-corrected chi connectivity index (χ1v) is 6.19. The maximum absolute atomic E-state index is 12.8. The average Bonchev–Trinajstić information content (AvgIpc) is 2.41. The standard InChI is InChI=1S/C13H16FN5O/c1-4-15-11-16-12(19(2)3)18-13(17-11)20-10-7-5-9(14)6-8-10/h5-8H,4H2,1-3H3,(H,15,16,17,18). The lowest BCUT2D eigenvalue weighted by Crippen LogP contribution is -2.15. The van der Waals surface area contributed by atoms with Crippen molar-refractivity contribution in [1.29, 1.82) is 0 Å². The van der Waals surface area contributed by atoms with Gasteiger partial charge in [-0.3, -0.25) is 0 Å². The number of halogens is 1. The van der Waals surface area contributed by atoms with Crippen LogP contribution in [0.5, 0.6) is 11.8 Å². The molecule has 1 heterocycles. The molecule has 0 bridgehead atoms. The molecule has 0 spiro atoms. The fraction of sp³-hybridized carbons (Fsp3) is 0.308. The van der Waals surface area contributed by atoms with Crippen molar-refractivity contribution in [3.63, 3.8) is 0 Å². The number of hydrogen-bond donors (Lipinski definition) is 1. The van der Waals surface area contributed by atoms with Gasteiger partial charge in [-0.1, -0.05) is 0 Å². The molecule has 1 aromatic carbocycles. The molecule has 7 heteroatoms. The highest BCUT2D eigenvalue weighted by Gasteiger charge is 2.09. The van der Waals surface area contributed by atoms with Gasteiger partial charge in [0, 0.05) is 20.6 Å². The molecule has 0 unspecified atom stereocenters. The minimum absolute atomic E-state index is 0.159. The molecule has 1 N–H and O–H groups in total. The Hall–Kier alpha value is -2.44. The minimum atomic E-state index is -0.324. The second kappa shape index (κ2) is 6.14. The number of ether oxygens (including phenoxy) is 1. The highest BCUT2D eigenvalue weighted by atomic mass is 19.1. The van der Waals surface area contributed by atoms with Crippen molar-refractivity contribution in [2.24, 2.45) is 0 Å². The van der Waals surface area contributed by atoms with Crippen molar-refractivity contribution < 1.29 is 9.13 Å². The van der Waals surface area contributed by atoms with Gasteiger partial charge in [0.2, 0.25) is 11.9 Å². The topological polar surface area (TPSA) is 63.2 Å². The molecule has 2 rings (SSSR count). The Bertz CT molecular complexity index is 573. The molecule has 0 aliphatic carbocycles. The van der Waals surface area contributed by atoms with Gasteiger partial charge >= 0.3 is 6.01 Å². The van der Waals surface area contributed by atoms with Crippen LogP contribution in [-0.2, 0) is 0 Å². The Kier molecular flexibility index (Phi) is 4.29. The van der Waals surface area contributed by atoms with Gasteiger partial charge in [0.25, 0.3) is 0 Å². The van der Waals surface area contributed by atoms with E-state index in [4.69, 9.17) is 4.74 Å². The van der Waals surface area contributed by atoms with Gasteiger partial charge in [-0.05, 0) is 31.2 Å². The SMILES string of the molecule is CCNc1nc(Oc2ccc(F)cc2)nc(N(C)C)n1. The maximum Gasteiger partial charge on any atom is 0.328 e. The van der Waals surface area contributed by atoms with Crippen molar-refractivity contribution in [2.75, 3.05) is 30.9 Å². The number of anilines is 2. The van der Waals surface area contributed by atoms with Crippen molar-refractivity contribution >= 4 is 11.9 Å². The van der Waals surface area contributed by atoms with Gasteiger partial charge in [0.05, 0.1) is 0 Å². The molecule has 106 valence electrons. The van der Waals surface area contributed by atoms with Crippen molar-refractivity contribution in [3.8, 4) is 11.8 Å². The monoisotopic (exact) mass is 277 g/mol. The van der Waals surface area contributed by atoms with E-state index < -0.39 is 0 Å². The van der Waals surface area contributed by atoms with E-state index in [1.165, 1.54) is 24.3 Å². The summed E-state index contributed by atoms with van der Waals surface area (Å²) in [6.07, 6.45) is 0. The van der Waals surface area contributed by atoms with Gasteiger partial charge < -0.3 is 15.0 Å². The Morgan fingerprint density at radius 2 is 1.85 bits per heavy atom. The summed E-state index contributed by atoms with van der Waals surface area (Å²) in [5, 5.41) is 3.01. The summed E-state index contributed by atoms with van der Waals surface area (Å²) < 4.78 is 18.4. The second-order valence-corrected chi connectivity index (χ2v) is 4.22. The van der Waals surface area contributed by atoms with Crippen LogP contribution in [0.15, 0.2) is 24.3 Å². The summed E-state index contributed by atoms with van der Waals surface area (Å²) in [7, 11) is 3.65. The molecule has 0 saturated carbocycles. The fourth-order valence-corrected chi connectivity index (χ4v) is 1.44. The van der Waals surface area contributed by atoms with Crippen LogP contribution in [0, 0.1) is 5.82 Å². The van der Waals surface area contributed by atoms with Crippen LogP contribution >= 0.6 is 0 Å². The summed E-state index contributed by atoms with van der Waals surface area (Å²) >= 11 is 0. The Labute approximate surface area is 116 Å². The Morgan fingerprint density at radius 3 is 2.45 bits per heavy atom. The fourth-order valence-electron chi connectivity index (χ4n) is 1.44. The first-order valence-electron chi connectivity index (χ1n) is 6.19. The molecule has 1 aromatic heterocycles. The van der Waals surface area contributed by atoms with Crippen molar-refractivity contribution in [2.45, 2.75) is 6.92 Å². The van der Waals surface area contributed by atoms with Gasteiger partial charge in [-0.2, -0.15) is 15.0 Å². The number of hydrogen-bond acceptors (Lipinski definition) is 6. The van der Waals surface area contributed by atoms with E-state index in [0.29, 0.717) is 24.2 Å². The number of nitrogens with one attached hydrogen (secondary N) is 1. The van der Waals surface area contributed by atoms with Crippen LogP contribution in [0.25, 0.3) is 0 Å². The van der Waals surface area contributed by atoms with E-state index in [-0.39, 0.29) is 11.8 Å². The molecule has 20 heavy (non-hydrogen) atoms. The highest BCUT2D eigenvalue weighted by Crippen LogP contribution is 2.20. The summed E-state index contributed by atoms with van der Waals surface area (Å²) in [5.41, 5.74) is 0. The maximum atomic E-state index is 12.8. The summed E-state index contributed by atoms with van der Waals surface area (Å²) in [6.45, 7) is 2.63. The van der Waals surface area contributed by atoms with E-state index >= 15 is 0 Å². The van der Waals surface area contributed by atoms with Crippen molar-refractivity contribution in [3.05, 3.63) is 30.1 Å². The van der Waals surface area contributed by atoms with E-state index in [1.54, 1.807) is 4.90 Å². The quantitative estimate of drug-likeness (QED) is 0.904. The zero-order chi connectivity index (χ0) is 14.5. The molecule has 0 aliphatic heterocycles. The van der Waals surface area contributed by atoms with E-state index in [1.807, 2.05) is 21.0 Å². The van der Waals surface area contributed by atoms with E-state index in [9.17, 15) is 4.39 Å². The number of rotatable bonds is 5. The average molecular weight is 277 g/mol. The molecule has 0 saturated heterocycles. The number of benzene rings is 1. The van der Waals surface area contributed by atoms with Crippen LogP contribution in [0.4, 0.5) is 16.3 Å². The third kappa shape index (κ3) is 3.53. The minimum Gasteiger partial charge on any atom is -0.424 e. The second-order valence-electron chi connectivity index (χ2n) is 4.22. The molecule has 0 fully saturated rings. The van der Waals surface area contributed by atoms with E-state index in [0.717, 1.165) is 0 Å². The van der Waals surface area contributed by atoms with Crippen LogP contribution in [-0.4, -0.2) is 35.6 Å². The zero-order valence-corrected chi connectivity index (χ0v) is 11.6. The lowest BCUT2D eigenvalue weighted by Gasteiger charge is -2.13. The largest absolute Gasteiger partial charge is 0.424 e. The normalized spacial score (nSPS) is 10.2. The molecular formula is C13H16FN5O. The number of nitrogens with zero attached hydrogens (tertiary/aromatic N) is 4. The molecule has 0 aliphatic rings. The van der Waals surface area contributed by atoms with Crippen LogP contribution in [0.2, 0.25) is 0 Å². The first-order chi connectivity index (χ1) is 9.58. The smallest absolute Gasteiger partial charge is 0.328 e. The predicted octanol–water partition coefficient (Wildman–Crippen LogP) is 2.30. The molecule has 0 amide bonds. The first kappa shape index (κ1) is 14.0. The van der Waals surface area contributed by atoms with Crippen LogP contribution < -0.4 is 15.0 Å².